The van der Waals surface area contributed by atoms with Gasteiger partial charge < -0.3 is 19.9 Å². The molecule has 1 N–H and O–H groups in total. The van der Waals surface area contributed by atoms with E-state index in [1.165, 1.54) is 6.42 Å². The fourth-order valence-corrected chi connectivity index (χ4v) is 3.43. The molecule has 0 aromatic carbocycles. The second-order valence-corrected chi connectivity index (χ2v) is 6.65. The predicted molar refractivity (Wildman–Crippen MR) is 113 cm³/mol. The molecule has 150 valence electrons. The van der Waals surface area contributed by atoms with Gasteiger partial charge in [-0.25, -0.2) is 4.99 Å². The third-order valence-corrected chi connectivity index (χ3v) is 4.75. The number of nitrogens with zero attached hydrogens (tertiary/aromatic N) is 3. The number of carbonyl (C=O) groups excluding carboxylic acids is 2. The summed E-state index contributed by atoms with van der Waals surface area (Å²) in [4.78, 5) is 32.9. The Bertz CT molecular complexity index is 481. The number of aliphatic imine (C=N–C) groups is 1. The number of esters is 1. The fraction of sp³-hybridized carbons (Fsp3) is 0.833. The number of halogens is 1. The van der Waals surface area contributed by atoms with Crippen LogP contribution in [0.15, 0.2) is 4.99 Å². The van der Waals surface area contributed by atoms with Crippen molar-refractivity contribution in [3.05, 3.63) is 0 Å². The first-order valence-electron chi connectivity index (χ1n) is 9.63. The van der Waals surface area contributed by atoms with Crippen LogP contribution in [0.3, 0.4) is 0 Å². The zero-order valence-corrected chi connectivity index (χ0v) is 18.4. The Morgan fingerprint density at radius 3 is 2.42 bits per heavy atom. The number of hydrogen-bond donors (Lipinski definition) is 1. The lowest BCUT2D eigenvalue weighted by atomic mass is 9.98. The molecule has 2 saturated heterocycles. The van der Waals surface area contributed by atoms with Crippen LogP contribution in [0.4, 0.5) is 0 Å². The van der Waals surface area contributed by atoms with Gasteiger partial charge in [-0.05, 0) is 46.0 Å². The standard InChI is InChI=1S/C18H32N4O3.HI/c1-3-19-18(20-13-16(23)21-10-6-5-7-11-21)22-12-8-9-15(14-22)17(24)25-4-2;/h15H,3-14H2,1-2H3,(H,19,20);1H. The largest absolute Gasteiger partial charge is 0.466 e. The highest BCUT2D eigenvalue weighted by Crippen LogP contribution is 2.18. The maximum absolute atomic E-state index is 12.3. The van der Waals surface area contributed by atoms with Crippen LogP contribution in [-0.4, -0.2) is 73.5 Å². The van der Waals surface area contributed by atoms with Gasteiger partial charge in [-0.1, -0.05) is 0 Å². The highest BCUT2D eigenvalue weighted by molar-refractivity contribution is 14.0. The number of carbonyl (C=O) groups is 2. The molecule has 26 heavy (non-hydrogen) atoms. The van der Waals surface area contributed by atoms with Gasteiger partial charge in [-0.15, -0.1) is 24.0 Å². The monoisotopic (exact) mass is 480 g/mol. The summed E-state index contributed by atoms with van der Waals surface area (Å²) in [6.45, 7) is 8.29. The maximum Gasteiger partial charge on any atom is 0.310 e. The summed E-state index contributed by atoms with van der Waals surface area (Å²) in [6.07, 6.45) is 5.15. The van der Waals surface area contributed by atoms with Gasteiger partial charge in [-0.2, -0.15) is 0 Å². The summed E-state index contributed by atoms with van der Waals surface area (Å²) in [5.74, 6) is 0.568. The Kier molecular flexibility index (Phi) is 10.9. The number of likely N-dealkylation sites (tertiary alicyclic amines) is 2. The highest BCUT2D eigenvalue weighted by Gasteiger charge is 2.28. The summed E-state index contributed by atoms with van der Waals surface area (Å²) in [5, 5.41) is 3.26. The van der Waals surface area contributed by atoms with Crippen molar-refractivity contribution in [2.75, 3.05) is 45.9 Å². The van der Waals surface area contributed by atoms with Crippen LogP contribution in [0.2, 0.25) is 0 Å². The van der Waals surface area contributed by atoms with E-state index in [2.05, 4.69) is 15.2 Å². The van der Waals surface area contributed by atoms with E-state index < -0.39 is 0 Å². The molecule has 2 heterocycles. The number of hydrogen-bond acceptors (Lipinski definition) is 4. The Balaban J connectivity index is 0.00000338. The topological polar surface area (TPSA) is 74.2 Å². The Hall–Kier alpha value is -1.06. The average Bonchev–Trinajstić information content (AvgIpc) is 2.66. The van der Waals surface area contributed by atoms with Crippen molar-refractivity contribution in [2.24, 2.45) is 10.9 Å². The van der Waals surface area contributed by atoms with Gasteiger partial charge in [0, 0.05) is 32.7 Å². The molecule has 0 radical (unpaired) electrons. The summed E-state index contributed by atoms with van der Waals surface area (Å²) >= 11 is 0. The first kappa shape index (κ1) is 23.0. The van der Waals surface area contributed by atoms with Crippen LogP contribution in [0.5, 0.6) is 0 Å². The lowest BCUT2D eigenvalue weighted by Crippen LogP contribution is -2.48. The van der Waals surface area contributed by atoms with Crippen molar-refractivity contribution < 1.29 is 14.3 Å². The summed E-state index contributed by atoms with van der Waals surface area (Å²) in [5.41, 5.74) is 0. The van der Waals surface area contributed by atoms with Crippen LogP contribution in [0.25, 0.3) is 0 Å². The molecule has 0 spiro atoms. The second kappa shape index (κ2) is 12.3. The van der Waals surface area contributed by atoms with Crippen molar-refractivity contribution in [3.8, 4) is 0 Å². The van der Waals surface area contributed by atoms with Gasteiger partial charge >= 0.3 is 5.97 Å². The van der Waals surface area contributed by atoms with E-state index in [1.54, 1.807) is 0 Å². The van der Waals surface area contributed by atoms with E-state index in [4.69, 9.17) is 4.74 Å². The summed E-state index contributed by atoms with van der Waals surface area (Å²) in [6, 6.07) is 0. The molecule has 1 atom stereocenters. The van der Waals surface area contributed by atoms with Crippen LogP contribution < -0.4 is 5.32 Å². The third-order valence-electron chi connectivity index (χ3n) is 4.75. The molecular formula is C18H33IN4O3. The molecule has 0 saturated carbocycles. The smallest absolute Gasteiger partial charge is 0.310 e. The van der Waals surface area contributed by atoms with Crippen molar-refractivity contribution in [1.29, 1.82) is 0 Å². The predicted octanol–water partition coefficient (Wildman–Crippen LogP) is 1.86. The van der Waals surface area contributed by atoms with Crippen molar-refractivity contribution in [2.45, 2.75) is 46.0 Å². The van der Waals surface area contributed by atoms with E-state index in [1.807, 2.05) is 18.7 Å². The maximum atomic E-state index is 12.3. The molecule has 2 aliphatic heterocycles. The van der Waals surface area contributed by atoms with E-state index in [0.29, 0.717) is 13.2 Å². The molecule has 8 heteroatoms. The van der Waals surface area contributed by atoms with Gasteiger partial charge in [0.25, 0.3) is 0 Å². The zero-order valence-electron chi connectivity index (χ0n) is 16.0. The molecule has 2 fully saturated rings. The Labute approximate surface area is 173 Å². The van der Waals surface area contributed by atoms with Gasteiger partial charge in [0.2, 0.25) is 5.91 Å². The first-order valence-corrected chi connectivity index (χ1v) is 9.63. The van der Waals surface area contributed by atoms with Crippen LogP contribution in [0.1, 0.15) is 46.0 Å². The number of rotatable bonds is 5. The van der Waals surface area contributed by atoms with E-state index in [9.17, 15) is 9.59 Å². The molecule has 0 aromatic rings. The minimum absolute atomic E-state index is 0. The second-order valence-electron chi connectivity index (χ2n) is 6.65. The third kappa shape index (κ3) is 6.92. The van der Waals surface area contributed by atoms with Gasteiger partial charge in [-0.3, -0.25) is 9.59 Å². The molecule has 0 aliphatic carbocycles. The minimum Gasteiger partial charge on any atom is -0.466 e. The van der Waals surface area contributed by atoms with Gasteiger partial charge in [0.05, 0.1) is 12.5 Å². The van der Waals surface area contributed by atoms with E-state index in [-0.39, 0.29) is 48.3 Å². The molecule has 0 bridgehead atoms. The molecule has 1 amide bonds. The Morgan fingerprint density at radius 2 is 1.77 bits per heavy atom. The molecule has 1 unspecified atom stereocenters. The lowest BCUT2D eigenvalue weighted by Gasteiger charge is -2.34. The number of amides is 1. The zero-order chi connectivity index (χ0) is 18.1. The molecule has 0 aromatic heterocycles. The number of nitrogens with one attached hydrogen (secondary N) is 1. The molecular weight excluding hydrogens is 447 g/mol. The van der Waals surface area contributed by atoms with Gasteiger partial charge in [0.15, 0.2) is 5.96 Å². The molecule has 7 nitrogen and oxygen atoms in total. The van der Waals surface area contributed by atoms with Crippen LogP contribution in [0, 0.1) is 5.92 Å². The van der Waals surface area contributed by atoms with Gasteiger partial charge in [0.1, 0.15) is 6.54 Å². The van der Waals surface area contributed by atoms with Crippen LogP contribution >= 0.6 is 24.0 Å². The number of piperidine rings is 2. The lowest BCUT2D eigenvalue weighted by molar-refractivity contribution is -0.149. The number of ether oxygens (including phenoxy) is 1. The van der Waals surface area contributed by atoms with Crippen molar-refractivity contribution in [3.63, 3.8) is 0 Å². The molecule has 2 aliphatic rings. The highest BCUT2D eigenvalue weighted by atomic mass is 127. The number of guanidine groups is 1. The van der Waals surface area contributed by atoms with E-state index >= 15 is 0 Å². The SMILES string of the molecule is CCNC(=NCC(=O)N1CCCCC1)N1CCCC(C(=O)OCC)C1.I. The van der Waals surface area contributed by atoms with Crippen molar-refractivity contribution in [1.82, 2.24) is 15.1 Å². The van der Waals surface area contributed by atoms with Crippen LogP contribution in [-0.2, 0) is 14.3 Å². The minimum atomic E-state index is -0.132. The Morgan fingerprint density at radius 1 is 1.08 bits per heavy atom. The summed E-state index contributed by atoms with van der Waals surface area (Å²) < 4.78 is 5.16. The van der Waals surface area contributed by atoms with Crippen molar-refractivity contribution >= 4 is 41.8 Å². The average molecular weight is 480 g/mol. The summed E-state index contributed by atoms with van der Waals surface area (Å²) in [7, 11) is 0. The first-order chi connectivity index (χ1) is 12.2. The molecule has 2 rings (SSSR count). The quantitative estimate of drug-likeness (QED) is 0.282. The normalized spacial score (nSPS) is 21.0. The fourth-order valence-electron chi connectivity index (χ4n) is 3.43. The van der Waals surface area contributed by atoms with E-state index in [0.717, 1.165) is 57.8 Å².